The van der Waals surface area contributed by atoms with E-state index in [9.17, 15) is 0 Å². The van der Waals surface area contributed by atoms with Crippen LogP contribution >= 0.6 is 22.9 Å². The van der Waals surface area contributed by atoms with Crippen molar-refractivity contribution in [3.05, 3.63) is 79.7 Å². The van der Waals surface area contributed by atoms with E-state index in [0.717, 1.165) is 39.6 Å². The maximum Gasteiger partial charge on any atom is 0.191 e. The van der Waals surface area contributed by atoms with Crippen LogP contribution in [0.2, 0.25) is 0 Å². The Morgan fingerprint density at radius 1 is 0.738 bits per heavy atom. The molecule has 0 N–H and O–H groups in total. The Hall–Kier alpha value is -4.18. The number of aryl methyl sites for hydroxylation is 12. The first-order valence-electron chi connectivity index (χ1n) is 12.7. The molecule has 0 aliphatic heterocycles. The highest BCUT2D eigenvalue weighted by Gasteiger charge is 1.90. The van der Waals surface area contributed by atoms with E-state index in [-0.39, 0.29) is 0 Å². The quantitative estimate of drug-likeness (QED) is 0.221. The number of hydrogen-bond acceptors (Lipinski definition) is 14. The molecule has 6 aromatic rings. The lowest BCUT2D eigenvalue weighted by molar-refractivity contribution is 0.393. The lowest BCUT2D eigenvalue weighted by atomic mass is 10.4. The molecule has 0 aliphatic carbocycles. The van der Waals surface area contributed by atoms with Crippen molar-refractivity contribution in [1.82, 2.24) is 59.9 Å². The Morgan fingerprint density at radius 2 is 1.45 bits per heavy atom. The molecule has 0 atom stereocenters. The zero-order chi connectivity index (χ0) is 31.7. The van der Waals surface area contributed by atoms with Gasteiger partial charge < -0.3 is 8.94 Å². The van der Waals surface area contributed by atoms with Crippen molar-refractivity contribution in [3.8, 4) is 0 Å². The Labute approximate surface area is 254 Å². The predicted octanol–water partition coefficient (Wildman–Crippen LogP) is 5.14. The van der Waals surface area contributed by atoms with E-state index >= 15 is 0 Å². The summed E-state index contributed by atoms with van der Waals surface area (Å²) in [5.74, 6) is 4.02. The fourth-order valence-electron chi connectivity index (χ4n) is 2.57. The minimum atomic E-state index is 0.711. The van der Waals surface area contributed by atoms with E-state index in [1.807, 2.05) is 60.7 Å². The monoisotopic (exact) mass is 616 g/mol. The second-order valence-electron chi connectivity index (χ2n) is 8.81. The summed E-state index contributed by atoms with van der Waals surface area (Å²) in [7, 11) is 3.54. The third-order valence-electron chi connectivity index (χ3n) is 4.41. The van der Waals surface area contributed by atoms with Crippen LogP contribution in [0.15, 0.2) is 33.5 Å². The van der Waals surface area contributed by atoms with Gasteiger partial charge >= 0.3 is 0 Å². The Kier molecular flexibility index (Phi) is 16.2. The summed E-state index contributed by atoms with van der Waals surface area (Å²) in [4.78, 5) is 11.9. The van der Waals surface area contributed by atoms with Crippen molar-refractivity contribution >= 4 is 22.9 Å². The summed E-state index contributed by atoms with van der Waals surface area (Å²) >= 11 is 3.29. The highest BCUT2D eigenvalue weighted by Crippen LogP contribution is 2.08. The second-order valence-corrected chi connectivity index (χ2v) is 11.3. The van der Waals surface area contributed by atoms with Crippen LogP contribution in [0.1, 0.15) is 55.2 Å². The van der Waals surface area contributed by atoms with E-state index in [1.54, 1.807) is 54.8 Å². The van der Waals surface area contributed by atoms with Crippen LogP contribution in [-0.4, -0.2) is 59.9 Å². The smallest absolute Gasteiger partial charge is 0.191 e. The SMILES string of the molecule is Cc1cc(C)on1.Cc1cc(C)sn1.Cc1cnc(C)o1.Cc1cnc(C)s1.Cc1nnn(C)n1.Cc1nnnn1C. The maximum absolute atomic E-state index is 4.97. The van der Waals surface area contributed by atoms with Crippen LogP contribution in [0.4, 0.5) is 0 Å². The van der Waals surface area contributed by atoms with Gasteiger partial charge in [0.05, 0.1) is 29.6 Å². The molecule has 0 radical (unpaired) electrons. The Balaban J connectivity index is 0.000000252. The largest absolute Gasteiger partial charge is 0.446 e. The van der Waals surface area contributed by atoms with Gasteiger partial charge in [0.1, 0.15) is 17.3 Å². The van der Waals surface area contributed by atoms with Crippen molar-refractivity contribution in [2.45, 2.75) is 69.2 Å². The lowest BCUT2D eigenvalue weighted by Gasteiger charge is -1.81. The molecule has 16 heteroatoms. The van der Waals surface area contributed by atoms with E-state index < -0.39 is 0 Å². The molecule has 6 aromatic heterocycles. The summed E-state index contributed by atoms with van der Waals surface area (Å²) in [6.45, 7) is 19.3. The van der Waals surface area contributed by atoms with Crippen LogP contribution in [0, 0.1) is 69.2 Å². The Morgan fingerprint density at radius 3 is 1.60 bits per heavy atom. The molecule has 0 unspecified atom stereocenters. The molecule has 0 amide bonds. The number of rotatable bonds is 0. The molecule has 0 aliphatic rings. The number of aromatic nitrogens is 12. The topological polar surface area (TPSA) is 165 Å². The average Bonchev–Trinajstić information content (AvgIpc) is 3.77. The molecule has 6 rings (SSSR count). The zero-order valence-corrected chi connectivity index (χ0v) is 27.9. The van der Waals surface area contributed by atoms with Crippen LogP contribution in [-0.2, 0) is 14.1 Å². The zero-order valence-electron chi connectivity index (χ0n) is 26.3. The van der Waals surface area contributed by atoms with E-state index in [4.69, 9.17) is 8.94 Å². The lowest BCUT2D eigenvalue weighted by Crippen LogP contribution is -1.92. The van der Waals surface area contributed by atoms with E-state index in [0.29, 0.717) is 5.82 Å². The van der Waals surface area contributed by atoms with E-state index in [1.165, 1.54) is 14.6 Å². The molecule has 6 heterocycles. The number of nitrogens with zero attached hydrogens (tertiary/aromatic N) is 12. The third kappa shape index (κ3) is 16.8. The number of oxazole rings is 1. The number of hydrogen-bond donors (Lipinski definition) is 0. The third-order valence-corrected chi connectivity index (χ3v) is 6.02. The number of thiazole rings is 1. The van der Waals surface area contributed by atoms with Crippen LogP contribution in [0.25, 0.3) is 0 Å². The van der Waals surface area contributed by atoms with Gasteiger partial charge in [0.25, 0.3) is 0 Å². The maximum atomic E-state index is 4.97. The highest BCUT2D eigenvalue weighted by atomic mass is 32.1. The van der Waals surface area contributed by atoms with Crippen molar-refractivity contribution in [3.63, 3.8) is 0 Å². The summed E-state index contributed by atoms with van der Waals surface area (Å²) in [6, 6.07) is 3.96. The summed E-state index contributed by atoms with van der Waals surface area (Å²) in [5.41, 5.74) is 2.07. The molecule has 0 spiro atoms. The first kappa shape index (κ1) is 35.8. The molecule has 0 aromatic carbocycles. The first-order chi connectivity index (χ1) is 19.7. The molecule has 0 saturated carbocycles. The van der Waals surface area contributed by atoms with Gasteiger partial charge in [-0.2, -0.15) is 9.17 Å². The van der Waals surface area contributed by atoms with Gasteiger partial charge in [0, 0.05) is 36.0 Å². The van der Waals surface area contributed by atoms with Gasteiger partial charge in [-0.25, -0.2) is 14.6 Å². The van der Waals surface area contributed by atoms with Gasteiger partial charge in [-0.1, -0.05) is 5.16 Å². The molecule has 0 saturated heterocycles. The molecule has 42 heavy (non-hydrogen) atoms. The standard InChI is InChI=1S/2C5H7NO.2C5H7NS.2C3H6N4/c1-4-3-6-5(2)7-4;1-4-3-5(2)7-6-4;1-4-3-6-5(2)7-4;1-4-3-5(2)7-6-4;1-3-4-5-6-7(3)2;1-3-4-6-7(2)5-3/h4*3H,1-2H3;2*1-2H3. The molecular weight excluding hydrogens is 577 g/mol. The molecule has 0 fully saturated rings. The fourth-order valence-corrected chi connectivity index (χ4v) is 3.81. The molecule has 228 valence electrons. The normalized spacial score (nSPS) is 9.43. The van der Waals surface area contributed by atoms with Crippen molar-refractivity contribution in [2.24, 2.45) is 14.1 Å². The second kappa shape index (κ2) is 19.0. The van der Waals surface area contributed by atoms with Crippen LogP contribution in [0.5, 0.6) is 0 Å². The number of tetrazole rings is 2. The van der Waals surface area contributed by atoms with Gasteiger partial charge in [0.2, 0.25) is 0 Å². The Bertz CT molecular complexity index is 1220. The van der Waals surface area contributed by atoms with Crippen LogP contribution in [0.3, 0.4) is 0 Å². The summed E-state index contributed by atoms with van der Waals surface area (Å²) < 4.78 is 15.4. The molecular formula is C26H40N12O2S2. The predicted molar refractivity (Wildman–Crippen MR) is 162 cm³/mol. The van der Waals surface area contributed by atoms with Gasteiger partial charge in [-0.15, -0.1) is 26.6 Å². The van der Waals surface area contributed by atoms with E-state index in [2.05, 4.69) is 70.3 Å². The van der Waals surface area contributed by atoms with Crippen molar-refractivity contribution in [2.75, 3.05) is 0 Å². The highest BCUT2D eigenvalue weighted by molar-refractivity contribution is 7.11. The molecule has 0 bridgehead atoms. The van der Waals surface area contributed by atoms with Gasteiger partial charge in [-0.05, 0) is 95.6 Å². The first-order valence-corrected chi connectivity index (χ1v) is 14.3. The molecule has 14 nitrogen and oxygen atoms in total. The summed E-state index contributed by atoms with van der Waals surface area (Å²) in [6.07, 6.45) is 3.59. The minimum absolute atomic E-state index is 0.711. The summed E-state index contributed by atoms with van der Waals surface area (Å²) in [5, 5.41) is 26.4. The van der Waals surface area contributed by atoms with Crippen molar-refractivity contribution < 1.29 is 8.94 Å². The van der Waals surface area contributed by atoms with Crippen LogP contribution < -0.4 is 0 Å². The van der Waals surface area contributed by atoms with Gasteiger partial charge in [0.15, 0.2) is 11.7 Å². The minimum Gasteiger partial charge on any atom is -0.446 e. The fraction of sp³-hybridized carbons (Fsp3) is 0.462. The average molecular weight is 617 g/mol. The van der Waals surface area contributed by atoms with Gasteiger partial charge in [-0.3, -0.25) is 0 Å². The van der Waals surface area contributed by atoms with Crippen molar-refractivity contribution in [1.29, 1.82) is 0 Å².